The Labute approximate surface area is 185 Å². The lowest BCUT2D eigenvalue weighted by atomic mass is 9.82. The summed E-state index contributed by atoms with van der Waals surface area (Å²) in [5, 5.41) is 29.1. The molecule has 0 saturated heterocycles. The van der Waals surface area contributed by atoms with Crippen molar-refractivity contribution in [3.8, 4) is 11.8 Å². The molecule has 0 fully saturated rings. The number of carbonyl (C=O) groups is 2. The van der Waals surface area contributed by atoms with E-state index in [9.17, 15) is 9.59 Å². The molecule has 168 valence electrons. The molecule has 0 heterocycles. The van der Waals surface area contributed by atoms with E-state index in [0.29, 0.717) is 22.6 Å². The molecule has 0 unspecified atom stereocenters. The summed E-state index contributed by atoms with van der Waals surface area (Å²) in [5.41, 5.74) is 2.22. The summed E-state index contributed by atoms with van der Waals surface area (Å²) in [7, 11) is 0. The molecule has 2 aromatic rings. The zero-order chi connectivity index (χ0) is 23.6. The average molecular weight is 439 g/mol. The lowest BCUT2D eigenvalue weighted by Gasteiger charge is -2.31. The lowest BCUT2D eigenvalue weighted by molar-refractivity contribution is -0.124. The maximum absolute atomic E-state index is 12.6. The Morgan fingerprint density at radius 3 is 2.38 bits per heavy atom. The minimum atomic E-state index is -0.845. The molecule has 1 atom stereocenters. The maximum atomic E-state index is 12.6. The van der Waals surface area contributed by atoms with Crippen LogP contribution in [-0.2, 0) is 9.53 Å². The zero-order valence-electron chi connectivity index (χ0n) is 17.7. The molecular weight excluding hydrogens is 414 g/mol. The molecule has 0 aliphatic carbocycles. The first-order valence-electron chi connectivity index (χ1n) is 9.74. The van der Waals surface area contributed by atoms with Gasteiger partial charge in [-0.05, 0) is 42.0 Å². The highest BCUT2D eigenvalue weighted by atomic mass is 16.6. The molecule has 4 N–H and O–H groups in total. The fraction of sp³-hybridized carbons (Fsp3) is 0.261. The molecule has 2 aromatic carbocycles. The summed E-state index contributed by atoms with van der Waals surface area (Å²) in [6.07, 6.45) is 1.13. The summed E-state index contributed by atoms with van der Waals surface area (Å²) in [6, 6.07) is 15.1. The van der Waals surface area contributed by atoms with Crippen molar-refractivity contribution in [1.82, 2.24) is 5.48 Å². The monoisotopic (exact) mass is 439 g/mol. The van der Waals surface area contributed by atoms with Gasteiger partial charge >= 0.3 is 6.09 Å². The van der Waals surface area contributed by atoms with Crippen LogP contribution in [0.4, 0.5) is 10.5 Å². The molecule has 0 bridgehead atoms. The fourth-order valence-electron chi connectivity index (χ4n) is 2.85. The van der Waals surface area contributed by atoms with Crippen LogP contribution < -0.4 is 15.5 Å². The Morgan fingerprint density at radius 2 is 1.81 bits per heavy atom. The van der Waals surface area contributed by atoms with Gasteiger partial charge in [-0.25, -0.2) is 10.3 Å². The van der Waals surface area contributed by atoms with Crippen LogP contribution in [0.1, 0.15) is 31.1 Å². The van der Waals surface area contributed by atoms with Gasteiger partial charge in [-0.2, -0.15) is 5.26 Å². The normalized spacial score (nSPS) is 12.0. The molecular formula is C23H25N3O6. The predicted octanol–water partition coefficient (Wildman–Crippen LogP) is 3.31. The number of ether oxygens (including phenoxy) is 2. The first kappa shape index (κ1) is 24.4. The van der Waals surface area contributed by atoms with E-state index in [4.69, 9.17) is 25.0 Å². The molecule has 0 spiro atoms. The Bertz CT molecular complexity index is 978. The van der Waals surface area contributed by atoms with Gasteiger partial charge in [0, 0.05) is 17.2 Å². The number of aliphatic hydroxyl groups is 1. The molecule has 9 heteroatoms. The van der Waals surface area contributed by atoms with Crippen molar-refractivity contribution < 1.29 is 29.4 Å². The van der Waals surface area contributed by atoms with Crippen LogP contribution in [0, 0.1) is 16.7 Å². The highest BCUT2D eigenvalue weighted by Crippen LogP contribution is 2.38. The number of amides is 2. The Morgan fingerprint density at radius 1 is 1.16 bits per heavy atom. The molecule has 2 rings (SSSR count). The summed E-state index contributed by atoms with van der Waals surface area (Å²) >= 11 is 0. The van der Waals surface area contributed by atoms with E-state index in [1.807, 2.05) is 6.07 Å². The number of rotatable bonds is 9. The van der Waals surface area contributed by atoms with Crippen molar-refractivity contribution >= 4 is 17.7 Å². The van der Waals surface area contributed by atoms with E-state index < -0.39 is 23.5 Å². The van der Waals surface area contributed by atoms with Gasteiger partial charge in [0.05, 0.1) is 18.2 Å². The Balaban J connectivity index is 2.26. The van der Waals surface area contributed by atoms with Crippen molar-refractivity contribution in [3.63, 3.8) is 0 Å². The van der Waals surface area contributed by atoms with Gasteiger partial charge in [0.1, 0.15) is 18.5 Å². The number of benzene rings is 2. The quantitative estimate of drug-likeness (QED) is 0.267. The number of anilines is 1. The predicted molar refractivity (Wildman–Crippen MR) is 116 cm³/mol. The average Bonchev–Trinajstić information content (AvgIpc) is 2.80. The summed E-state index contributed by atoms with van der Waals surface area (Å²) in [6.45, 7) is 3.57. The molecule has 0 aromatic heterocycles. The highest BCUT2D eigenvalue weighted by molar-refractivity contribution is 5.86. The number of hydrogen-bond donors (Lipinski definition) is 4. The minimum Gasteiger partial charge on any atom is -0.491 e. The van der Waals surface area contributed by atoms with Crippen molar-refractivity contribution in [2.45, 2.75) is 20.0 Å². The second kappa shape index (κ2) is 11.5. The van der Waals surface area contributed by atoms with E-state index in [0.717, 1.165) is 6.08 Å². The van der Waals surface area contributed by atoms with Gasteiger partial charge in [0.15, 0.2) is 0 Å². The van der Waals surface area contributed by atoms with E-state index in [-0.39, 0.29) is 13.2 Å². The first-order valence-corrected chi connectivity index (χ1v) is 9.74. The maximum Gasteiger partial charge on any atom is 0.412 e. The molecule has 32 heavy (non-hydrogen) atoms. The third kappa shape index (κ3) is 7.12. The van der Waals surface area contributed by atoms with E-state index >= 15 is 0 Å². The van der Waals surface area contributed by atoms with E-state index in [1.165, 1.54) is 11.6 Å². The van der Waals surface area contributed by atoms with Crippen LogP contribution in [0.5, 0.6) is 5.75 Å². The van der Waals surface area contributed by atoms with Gasteiger partial charge in [0.25, 0.3) is 5.91 Å². The van der Waals surface area contributed by atoms with Crippen LogP contribution in [0.2, 0.25) is 0 Å². The SMILES string of the molecule is CC(C)(/C=C/C(=O)NO)[C@H](OC(=O)Nc1ccc(C#N)cc1)c1ccc(OCCO)cc1. The van der Waals surface area contributed by atoms with Crippen molar-refractivity contribution in [1.29, 1.82) is 5.26 Å². The van der Waals surface area contributed by atoms with Crippen molar-refractivity contribution in [3.05, 3.63) is 71.8 Å². The second-order valence-electron chi connectivity index (χ2n) is 7.37. The fourth-order valence-corrected chi connectivity index (χ4v) is 2.85. The Kier molecular flexibility index (Phi) is 8.77. The molecule has 0 radical (unpaired) electrons. The minimum absolute atomic E-state index is 0.117. The van der Waals surface area contributed by atoms with Crippen molar-refractivity contribution in [2.75, 3.05) is 18.5 Å². The molecule has 9 nitrogen and oxygen atoms in total. The molecule has 0 aliphatic heterocycles. The number of aliphatic hydroxyl groups excluding tert-OH is 1. The zero-order valence-corrected chi connectivity index (χ0v) is 17.7. The topological polar surface area (TPSA) is 141 Å². The highest BCUT2D eigenvalue weighted by Gasteiger charge is 2.32. The van der Waals surface area contributed by atoms with Gasteiger partial charge in [-0.15, -0.1) is 0 Å². The molecule has 0 saturated carbocycles. The number of carbonyl (C=O) groups excluding carboxylic acids is 2. The van der Waals surface area contributed by atoms with Crippen LogP contribution in [0.15, 0.2) is 60.7 Å². The smallest absolute Gasteiger partial charge is 0.412 e. The van der Waals surface area contributed by atoms with Gasteiger partial charge in [-0.1, -0.05) is 32.1 Å². The lowest BCUT2D eigenvalue weighted by Crippen LogP contribution is -2.28. The van der Waals surface area contributed by atoms with Crippen LogP contribution in [-0.4, -0.2) is 35.5 Å². The summed E-state index contributed by atoms with van der Waals surface area (Å²) in [4.78, 5) is 24.1. The Hall–Kier alpha value is -3.87. The standard InChI is InChI=1S/C23H25N3O6/c1-23(2,12-11-20(28)26-30)21(17-5-9-19(10-6-17)31-14-13-27)32-22(29)25-18-7-3-16(15-24)4-8-18/h3-12,21,27,30H,13-14H2,1-2H3,(H,25,29)(H,26,28)/b12-11+/t21-/m1/s1. The van der Waals surface area contributed by atoms with Crippen molar-refractivity contribution in [2.24, 2.45) is 5.41 Å². The number of nitrogens with zero attached hydrogens (tertiary/aromatic N) is 1. The number of hydrogen-bond acceptors (Lipinski definition) is 7. The van der Waals surface area contributed by atoms with Crippen LogP contribution in [0.3, 0.4) is 0 Å². The third-order valence-electron chi connectivity index (χ3n) is 4.48. The van der Waals surface area contributed by atoms with Gasteiger partial charge in [0.2, 0.25) is 0 Å². The number of nitrogens with one attached hydrogen (secondary N) is 2. The molecule has 0 aliphatic rings. The summed E-state index contributed by atoms with van der Waals surface area (Å²) < 4.78 is 11.1. The number of hydroxylamine groups is 1. The van der Waals surface area contributed by atoms with E-state index in [2.05, 4.69) is 5.32 Å². The van der Waals surface area contributed by atoms with Crippen LogP contribution in [0.25, 0.3) is 0 Å². The third-order valence-corrected chi connectivity index (χ3v) is 4.48. The number of nitriles is 1. The summed E-state index contributed by atoms with van der Waals surface area (Å²) in [5.74, 6) is -0.178. The van der Waals surface area contributed by atoms with Gasteiger partial charge in [-0.3, -0.25) is 15.3 Å². The largest absolute Gasteiger partial charge is 0.491 e. The van der Waals surface area contributed by atoms with Crippen LogP contribution >= 0.6 is 0 Å². The van der Waals surface area contributed by atoms with Gasteiger partial charge < -0.3 is 14.6 Å². The first-order chi connectivity index (χ1) is 15.3. The molecule has 2 amide bonds. The van der Waals surface area contributed by atoms with E-state index in [1.54, 1.807) is 62.4 Å². The second-order valence-corrected chi connectivity index (χ2v) is 7.37.